The highest BCUT2D eigenvalue weighted by Gasteiger charge is 2.40. The van der Waals surface area contributed by atoms with Gasteiger partial charge in [-0.3, -0.25) is 0 Å². The molecule has 0 amide bonds. The van der Waals surface area contributed by atoms with E-state index in [-0.39, 0.29) is 16.0 Å². The van der Waals surface area contributed by atoms with Crippen LogP contribution in [0.1, 0.15) is 25.8 Å². The second-order valence-electron chi connectivity index (χ2n) is 5.18. The Bertz CT molecular complexity index is 630. The standard InChI is InChI=1S/C13H18N2O3S2/c1-9-13(2,6-7-18-9)15-20(16,17)11-5-3-4-10(8-11)12(14)19/h3-5,8-9,15H,6-7H2,1-2H3,(H2,14,19). The van der Waals surface area contributed by atoms with Crippen molar-refractivity contribution in [2.24, 2.45) is 5.73 Å². The first kappa shape index (κ1) is 15.4. The Morgan fingerprint density at radius 1 is 1.55 bits per heavy atom. The Hall–Kier alpha value is -1.02. The third-order valence-corrected chi connectivity index (χ3v) is 5.53. The van der Waals surface area contributed by atoms with Crippen LogP contribution < -0.4 is 10.5 Å². The maximum Gasteiger partial charge on any atom is 0.241 e. The van der Waals surface area contributed by atoms with E-state index in [1.807, 2.05) is 13.8 Å². The van der Waals surface area contributed by atoms with Crippen LogP contribution in [-0.4, -0.2) is 31.7 Å². The van der Waals surface area contributed by atoms with Gasteiger partial charge in [-0.2, -0.15) is 0 Å². The summed E-state index contributed by atoms with van der Waals surface area (Å²) in [5.74, 6) is 0. The minimum Gasteiger partial charge on any atom is -0.389 e. The van der Waals surface area contributed by atoms with Gasteiger partial charge in [0.25, 0.3) is 0 Å². The number of thiocarbonyl (C=S) groups is 1. The first-order chi connectivity index (χ1) is 9.24. The fourth-order valence-corrected chi connectivity index (χ4v) is 3.82. The van der Waals surface area contributed by atoms with Gasteiger partial charge in [-0.25, -0.2) is 13.1 Å². The maximum absolute atomic E-state index is 12.5. The smallest absolute Gasteiger partial charge is 0.241 e. The third-order valence-electron chi connectivity index (χ3n) is 3.68. The Morgan fingerprint density at radius 3 is 2.80 bits per heavy atom. The van der Waals surface area contributed by atoms with Crippen molar-refractivity contribution in [2.45, 2.75) is 36.8 Å². The van der Waals surface area contributed by atoms with Crippen LogP contribution in [0.5, 0.6) is 0 Å². The predicted molar refractivity (Wildman–Crippen MR) is 81.1 cm³/mol. The van der Waals surface area contributed by atoms with Crippen LogP contribution in [0.3, 0.4) is 0 Å². The number of nitrogens with two attached hydrogens (primary N) is 1. The summed E-state index contributed by atoms with van der Waals surface area (Å²) < 4.78 is 33.1. The molecule has 1 aromatic rings. The predicted octanol–water partition coefficient (Wildman–Crippen LogP) is 1.17. The zero-order valence-electron chi connectivity index (χ0n) is 11.4. The van der Waals surface area contributed by atoms with Gasteiger partial charge in [0, 0.05) is 12.2 Å². The lowest BCUT2D eigenvalue weighted by Gasteiger charge is -2.28. The van der Waals surface area contributed by atoms with E-state index in [0.717, 1.165) is 0 Å². The minimum atomic E-state index is -3.64. The topological polar surface area (TPSA) is 81.4 Å². The highest BCUT2D eigenvalue weighted by Crippen LogP contribution is 2.27. The molecule has 0 aromatic heterocycles. The zero-order chi connectivity index (χ0) is 15.0. The van der Waals surface area contributed by atoms with Crippen LogP contribution in [0.4, 0.5) is 0 Å². The van der Waals surface area contributed by atoms with Gasteiger partial charge in [-0.1, -0.05) is 24.4 Å². The number of sulfonamides is 1. The number of hydrogen-bond donors (Lipinski definition) is 2. The SMILES string of the molecule is CC1OCCC1(C)NS(=O)(=O)c1cccc(C(N)=S)c1. The van der Waals surface area contributed by atoms with Crippen LogP contribution in [0.25, 0.3) is 0 Å². The largest absolute Gasteiger partial charge is 0.389 e. The molecule has 1 fully saturated rings. The van der Waals surface area contributed by atoms with E-state index in [2.05, 4.69) is 4.72 Å². The van der Waals surface area contributed by atoms with Crippen molar-refractivity contribution < 1.29 is 13.2 Å². The molecule has 1 saturated heterocycles. The lowest BCUT2D eigenvalue weighted by atomic mass is 9.97. The number of nitrogens with one attached hydrogen (secondary N) is 1. The molecule has 0 radical (unpaired) electrons. The Kier molecular flexibility index (Phi) is 4.15. The molecule has 0 bridgehead atoms. The molecule has 5 nitrogen and oxygen atoms in total. The molecule has 2 unspecified atom stereocenters. The molecule has 7 heteroatoms. The highest BCUT2D eigenvalue weighted by atomic mass is 32.2. The van der Waals surface area contributed by atoms with Gasteiger partial charge in [0.15, 0.2) is 0 Å². The average Bonchev–Trinajstić information content (AvgIpc) is 2.68. The Morgan fingerprint density at radius 2 is 2.25 bits per heavy atom. The van der Waals surface area contributed by atoms with Crippen LogP contribution in [0.2, 0.25) is 0 Å². The van der Waals surface area contributed by atoms with Gasteiger partial charge in [0.1, 0.15) is 4.99 Å². The third kappa shape index (κ3) is 3.01. The van der Waals surface area contributed by atoms with Crippen LogP contribution in [0.15, 0.2) is 29.2 Å². The van der Waals surface area contributed by atoms with E-state index >= 15 is 0 Å². The summed E-state index contributed by atoms with van der Waals surface area (Å²) in [6.07, 6.45) is 0.471. The van der Waals surface area contributed by atoms with Crippen molar-refractivity contribution in [3.63, 3.8) is 0 Å². The molecule has 1 heterocycles. The molecule has 1 aromatic carbocycles. The van der Waals surface area contributed by atoms with E-state index in [1.165, 1.54) is 12.1 Å². The van der Waals surface area contributed by atoms with Crippen molar-refractivity contribution >= 4 is 27.2 Å². The summed E-state index contributed by atoms with van der Waals surface area (Å²) in [7, 11) is -3.64. The molecule has 2 rings (SSSR count). The fraction of sp³-hybridized carbons (Fsp3) is 0.462. The van der Waals surface area contributed by atoms with Crippen molar-refractivity contribution in [1.82, 2.24) is 4.72 Å². The molecule has 110 valence electrons. The summed E-state index contributed by atoms with van der Waals surface area (Å²) in [5, 5.41) is 0. The van der Waals surface area contributed by atoms with E-state index in [1.54, 1.807) is 12.1 Å². The van der Waals surface area contributed by atoms with Crippen molar-refractivity contribution in [1.29, 1.82) is 0 Å². The summed E-state index contributed by atoms with van der Waals surface area (Å²) in [4.78, 5) is 0.328. The molecule has 0 saturated carbocycles. The first-order valence-electron chi connectivity index (χ1n) is 6.30. The molecule has 2 atom stereocenters. The van der Waals surface area contributed by atoms with E-state index in [0.29, 0.717) is 18.6 Å². The van der Waals surface area contributed by atoms with E-state index in [9.17, 15) is 8.42 Å². The lowest BCUT2D eigenvalue weighted by molar-refractivity contribution is 0.0957. The van der Waals surface area contributed by atoms with Gasteiger partial charge < -0.3 is 10.5 Å². The molecule has 1 aliphatic rings. The van der Waals surface area contributed by atoms with E-state index < -0.39 is 15.6 Å². The molecule has 0 aliphatic carbocycles. The highest BCUT2D eigenvalue weighted by molar-refractivity contribution is 7.89. The van der Waals surface area contributed by atoms with Gasteiger partial charge in [0.05, 0.1) is 16.5 Å². The van der Waals surface area contributed by atoms with Gasteiger partial charge >= 0.3 is 0 Å². The summed E-state index contributed by atoms with van der Waals surface area (Å²) in [6, 6.07) is 6.31. The minimum absolute atomic E-state index is 0.156. The number of benzene rings is 1. The second-order valence-corrected chi connectivity index (χ2v) is 7.30. The summed E-state index contributed by atoms with van der Waals surface area (Å²) in [5.41, 5.74) is 5.47. The molecule has 3 N–H and O–H groups in total. The van der Waals surface area contributed by atoms with Gasteiger partial charge in [-0.15, -0.1) is 0 Å². The lowest BCUT2D eigenvalue weighted by Crippen LogP contribution is -2.50. The molecule has 20 heavy (non-hydrogen) atoms. The maximum atomic E-state index is 12.5. The molecular weight excluding hydrogens is 296 g/mol. The van der Waals surface area contributed by atoms with Crippen LogP contribution >= 0.6 is 12.2 Å². The Balaban J connectivity index is 2.31. The number of ether oxygens (including phenoxy) is 1. The number of hydrogen-bond acceptors (Lipinski definition) is 4. The quantitative estimate of drug-likeness (QED) is 0.815. The van der Waals surface area contributed by atoms with Crippen LogP contribution in [0, 0.1) is 0 Å². The van der Waals surface area contributed by atoms with Crippen LogP contribution in [-0.2, 0) is 14.8 Å². The van der Waals surface area contributed by atoms with Gasteiger partial charge in [-0.05, 0) is 32.4 Å². The van der Waals surface area contributed by atoms with Crippen molar-refractivity contribution in [3.8, 4) is 0 Å². The van der Waals surface area contributed by atoms with Gasteiger partial charge in [0.2, 0.25) is 10.0 Å². The van der Waals surface area contributed by atoms with Crippen molar-refractivity contribution in [2.75, 3.05) is 6.61 Å². The monoisotopic (exact) mass is 314 g/mol. The van der Waals surface area contributed by atoms with Crippen molar-refractivity contribution in [3.05, 3.63) is 29.8 Å². The average molecular weight is 314 g/mol. The summed E-state index contributed by atoms with van der Waals surface area (Å²) in [6.45, 7) is 4.26. The zero-order valence-corrected chi connectivity index (χ0v) is 13.1. The molecule has 0 spiro atoms. The normalized spacial score (nSPS) is 26.6. The molecule has 1 aliphatic heterocycles. The van der Waals surface area contributed by atoms with E-state index in [4.69, 9.17) is 22.7 Å². The molecular formula is C13H18N2O3S2. The summed E-state index contributed by atoms with van der Waals surface area (Å²) >= 11 is 4.87. The Labute approximate surface area is 124 Å². The number of rotatable bonds is 4. The second kappa shape index (κ2) is 5.40. The fourth-order valence-electron chi connectivity index (χ4n) is 2.15. The first-order valence-corrected chi connectivity index (χ1v) is 8.19.